The smallest absolute Gasteiger partial charge is 0.146 e. The molecule has 2 aliphatic rings. The average Bonchev–Trinajstić information content (AvgIpc) is 2.93. The highest BCUT2D eigenvalue weighted by atomic mass is 15.2. The number of nitrogens with two attached hydrogens (primary N) is 1. The van der Waals surface area contributed by atoms with Gasteiger partial charge in [0.2, 0.25) is 0 Å². The van der Waals surface area contributed by atoms with Crippen LogP contribution < -0.4 is 10.6 Å². The van der Waals surface area contributed by atoms with E-state index in [2.05, 4.69) is 20.9 Å². The van der Waals surface area contributed by atoms with Crippen LogP contribution >= 0.6 is 0 Å². The fourth-order valence-corrected chi connectivity index (χ4v) is 3.36. The van der Waals surface area contributed by atoms with Gasteiger partial charge < -0.3 is 15.5 Å². The Balaban J connectivity index is 1.53. The lowest BCUT2D eigenvalue weighted by atomic mass is 9.96. The average molecular weight is 260 g/mol. The molecule has 1 aromatic heterocycles. The highest BCUT2D eigenvalue weighted by Gasteiger charge is 2.23. The van der Waals surface area contributed by atoms with Crippen LogP contribution in [0.1, 0.15) is 25.7 Å². The molecule has 2 fully saturated rings. The number of likely N-dealkylation sites (tertiary alicyclic amines) is 1. The van der Waals surface area contributed by atoms with Crippen LogP contribution in [0.2, 0.25) is 0 Å². The van der Waals surface area contributed by atoms with Crippen LogP contribution in [0.5, 0.6) is 0 Å². The zero-order chi connectivity index (χ0) is 13.1. The summed E-state index contributed by atoms with van der Waals surface area (Å²) in [7, 11) is 0. The van der Waals surface area contributed by atoms with Crippen LogP contribution in [-0.2, 0) is 0 Å². The topological polar surface area (TPSA) is 45.4 Å². The summed E-state index contributed by atoms with van der Waals surface area (Å²) in [5, 5.41) is 0. The van der Waals surface area contributed by atoms with Crippen LogP contribution in [0.15, 0.2) is 18.3 Å². The molecule has 0 bridgehead atoms. The standard InChI is InChI=1S/C15H24N4/c16-15-14(4-3-7-17-15)19-10-5-13(6-11-19)12-18-8-1-2-9-18/h3-4,7,13H,1-2,5-6,8-12H2,(H2,16,17). The van der Waals surface area contributed by atoms with Gasteiger partial charge in [0.1, 0.15) is 5.82 Å². The number of hydrogen-bond donors (Lipinski definition) is 1. The summed E-state index contributed by atoms with van der Waals surface area (Å²) < 4.78 is 0. The Hall–Kier alpha value is -1.29. The quantitative estimate of drug-likeness (QED) is 0.902. The predicted octanol–water partition coefficient (Wildman–Crippen LogP) is 1.98. The Morgan fingerprint density at radius 2 is 1.89 bits per heavy atom. The molecule has 0 amide bonds. The highest BCUT2D eigenvalue weighted by molar-refractivity contribution is 5.63. The van der Waals surface area contributed by atoms with Gasteiger partial charge in [-0.05, 0) is 56.8 Å². The van der Waals surface area contributed by atoms with E-state index in [-0.39, 0.29) is 0 Å². The number of rotatable bonds is 3. The molecule has 19 heavy (non-hydrogen) atoms. The van der Waals surface area contributed by atoms with Crippen LogP contribution in [0.4, 0.5) is 11.5 Å². The van der Waals surface area contributed by atoms with Gasteiger partial charge in [-0.2, -0.15) is 0 Å². The van der Waals surface area contributed by atoms with Crippen molar-refractivity contribution in [2.24, 2.45) is 5.92 Å². The van der Waals surface area contributed by atoms with Gasteiger partial charge in [0.15, 0.2) is 0 Å². The predicted molar refractivity (Wildman–Crippen MR) is 79.3 cm³/mol. The number of nitrogen functional groups attached to an aromatic ring is 1. The molecule has 104 valence electrons. The van der Waals surface area contributed by atoms with Crippen molar-refractivity contribution in [2.45, 2.75) is 25.7 Å². The molecule has 3 heterocycles. The van der Waals surface area contributed by atoms with Crippen molar-refractivity contribution < 1.29 is 0 Å². The van der Waals surface area contributed by atoms with Crippen LogP contribution in [0.25, 0.3) is 0 Å². The Morgan fingerprint density at radius 1 is 1.16 bits per heavy atom. The molecule has 3 rings (SSSR count). The zero-order valence-electron chi connectivity index (χ0n) is 11.6. The number of piperidine rings is 1. The molecular formula is C15H24N4. The zero-order valence-corrected chi connectivity index (χ0v) is 11.6. The lowest BCUT2D eigenvalue weighted by Gasteiger charge is -2.35. The van der Waals surface area contributed by atoms with Crippen molar-refractivity contribution in [2.75, 3.05) is 43.4 Å². The maximum Gasteiger partial charge on any atom is 0.146 e. The third kappa shape index (κ3) is 3.00. The number of pyridine rings is 1. The van der Waals surface area contributed by atoms with Gasteiger partial charge in [-0.1, -0.05) is 0 Å². The SMILES string of the molecule is Nc1ncccc1N1CCC(CN2CCCC2)CC1. The molecule has 0 aliphatic carbocycles. The minimum atomic E-state index is 0.667. The van der Waals surface area contributed by atoms with Crippen molar-refractivity contribution in [3.8, 4) is 0 Å². The van der Waals surface area contributed by atoms with E-state index in [0.717, 1.165) is 24.7 Å². The number of aromatic nitrogens is 1. The van der Waals surface area contributed by atoms with Gasteiger partial charge in [0, 0.05) is 25.8 Å². The Labute approximate surface area is 115 Å². The molecule has 0 saturated carbocycles. The van der Waals surface area contributed by atoms with Gasteiger partial charge in [-0.3, -0.25) is 0 Å². The molecule has 0 atom stereocenters. The summed E-state index contributed by atoms with van der Waals surface area (Å²) in [6.45, 7) is 6.17. The third-order valence-corrected chi connectivity index (χ3v) is 4.49. The first-order valence-electron chi connectivity index (χ1n) is 7.51. The first-order valence-corrected chi connectivity index (χ1v) is 7.51. The van der Waals surface area contributed by atoms with Crippen LogP contribution in [0.3, 0.4) is 0 Å². The minimum Gasteiger partial charge on any atom is -0.382 e. The summed E-state index contributed by atoms with van der Waals surface area (Å²) in [6, 6.07) is 4.06. The van der Waals surface area contributed by atoms with E-state index in [1.807, 2.05) is 6.07 Å². The van der Waals surface area contributed by atoms with Gasteiger partial charge >= 0.3 is 0 Å². The summed E-state index contributed by atoms with van der Waals surface area (Å²) in [4.78, 5) is 9.21. The lowest BCUT2D eigenvalue weighted by molar-refractivity contribution is 0.249. The second-order valence-electron chi connectivity index (χ2n) is 5.85. The molecule has 0 radical (unpaired) electrons. The minimum absolute atomic E-state index is 0.667. The molecule has 4 heteroatoms. The Bertz CT molecular complexity index is 406. The van der Waals surface area contributed by atoms with E-state index in [1.54, 1.807) is 6.20 Å². The monoisotopic (exact) mass is 260 g/mol. The fraction of sp³-hybridized carbons (Fsp3) is 0.667. The van der Waals surface area contributed by atoms with E-state index in [4.69, 9.17) is 5.73 Å². The number of nitrogens with zero attached hydrogens (tertiary/aromatic N) is 3. The Morgan fingerprint density at radius 3 is 2.58 bits per heavy atom. The molecule has 1 aromatic rings. The van der Waals surface area contributed by atoms with E-state index in [1.165, 1.54) is 45.3 Å². The Kier molecular flexibility index (Phi) is 3.87. The van der Waals surface area contributed by atoms with Crippen molar-refractivity contribution in [3.63, 3.8) is 0 Å². The molecule has 4 nitrogen and oxygen atoms in total. The lowest BCUT2D eigenvalue weighted by Crippen LogP contribution is -2.38. The second kappa shape index (κ2) is 5.78. The van der Waals surface area contributed by atoms with E-state index in [9.17, 15) is 0 Å². The van der Waals surface area contributed by atoms with Crippen molar-refractivity contribution in [3.05, 3.63) is 18.3 Å². The van der Waals surface area contributed by atoms with Gasteiger partial charge in [-0.15, -0.1) is 0 Å². The maximum atomic E-state index is 5.96. The molecule has 0 spiro atoms. The fourth-order valence-electron chi connectivity index (χ4n) is 3.36. The van der Waals surface area contributed by atoms with Gasteiger partial charge in [0.25, 0.3) is 0 Å². The summed E-state index contributed by atoms with van der Waals surface area (Å²) in [6.07, 6.45) is 7.12. The van der Waals surface area contributed by atoms with E-state index < -0.39 is 0 Å². The third-order valence-electron chi connectivity index (χ3n) is 4.49. The second-order valence-corrected chi connectivity index (χ2v) is 5.85. The molecule has 0 unspecified atom stereocenters. The molecule has 2 N–H and O–H groups in total. The van der Waals surface area contributed by atoms with Crippen LogP contribution in [-0.4, -0.2) is 42.6 Å². The summed E-state index contributed by atoms with van der Waals surface area (Å²) >= 11 is 0. The first kappa shape index (κ1) is 12.7. The van der Waals surface area contributed by atoms with E-state index >= 15 is 0 Å². The normalized spacial score (nSPS) is 22.0. The summed E-state index contributed by atoms with van der Waals surface area (Å²) in [5.41, 5.74) is 7.07. The molecule has 2 saturated heterocycles. The van der Waals surface area contributed by atoms with Crippen molar-refractivity contribution in [1.82, 2.24) is 9.88 Å². The molecule has 2 aliphatic heterocycles. The molecular weight excluding hydrogens is 236 g/mol. The van der Waals surface area contributed by atoms with Gasteiger partial charge in [-0.25, -0.2) is 4.98 Å². The van der Waals surface area contributed by atoms with Crippen LogP contribution in [0, 0.1) is 5.92 Å². The van der Waals surface area contributed by atoms with Gasteiger partial charge in [0.05, 0.1) is 5.69 Å². The highest BCUT2D eigenvalue weighted by Crippen LogP contribution is 2.27. The van der Waals surface area contributed by atoms with Crippen molar-refractivity contribution in [1.29, 1.82) is 0 Å². The summed E-state index contributed by atoms with van der Waals surface area (Å²) in [5.74, 6) is 1.53. The van der Waals surface area contributed by atoms with E-state index in [0.29, 0.717) is 5.82 Å². The first-order chi connectivity index (χ1) is 9.33. The van der Waals surface area contributed by atoms with Crippen molar-refractivity contribution >= 4 is 11.5 Å². The largest absolute Gasteiger partial charge is 0.382 e. The number of hydrogen-bond acceptors (Lipinski definition) is 4. The number of anilines is 2. The molecule has 0 aromatic carbocycles. The maximum absolute atomic E-state index is 5.96.